The predicted molar refractivity (Wildman–Crippen MR) is 106 cm³/mol. The molecule has 5 rings (SSSR count). The molecule has 0 amide bonds. The highest BCUT2D eigenvalue weighted by molar-refractivity contribution is 5.98. The lowest BCUT2D eigenvalue weighted by Gasteiger charge is -2.27. The van der Waals surface area contributed by atoms with Gasteiger partial charge >= 0.3 is 0 Å². The summed E-state index contributed by atoms with van der Waals surface area (Å²) in [6.07, 6.45) is 3.26. The number of nitrogens with two attached hydrogens (primary N) is 1. The SMILES string of the molecule is Cc1ccc(Oc2ccc(-c3nn(C4CNC4)c4ncnc(N)c34)cc2)nc1. The Morgan fingerprint density at radius 1 is 1.07 bits per heavy atom. The van der Waals surface area contributed by atoms with Gasteiger partial charge in [-0.05, 0) is 36.8 Å². The molecule has 8 heteroatoms. The molecule has 4 heterocycles. The maximum atomic E-state index is 6.16. The standard InChI is InChI=1S/C20H19N7O/c1-12-2-7-16(23-8-12)28-15-5-3-13(4-6-15)18-17-19(21)24-11-25-20(17)27(26-18)14-9-22-10-14/h2-8,11,14,22H,9-10H2,1H3,(H2,21,24,25). The van der Waals surface area contributed by atoms with Crippen molar-refractivity contribution in [1.29, 1.82) is 0 Å². The second-order valence-corrected chi connectivity index (χ2v) is 6.86. The van der Waals surface area contributed by atoms with Crippen LogP contribution in [0.5, 0.6) is 11.6 Å². The average Bonchev–Trinajstić information content (AvgIpc) is 3.04. The van der Waals surface area contributed by atoms with Gasteiger partial charge in [0, 0.05) is 30.9 Å². The van der Waals surface area contributed by atoms with Gasteiger partial charge in [0.1, 0.15) is 23.6 Å². The summed E-state index contributed by atoms with van der Waals surface area (Å²) in [5.74, 6) is 1.70. The van der Waals surface area contributed by atoms with Crippen LogP contribution in [0.4, 0.5) is 5.82 Å². The zero-order chi connectivity index (χ0) is 19.1. The number of pyridine rings is 1. The molecular formula is C20H19N7O. The molecule has 0 unspecified atom stereocenters. The Morgan fingerprint density at radius 3 is 2.57 bits per heavy atom. The van der Waals surface area contributed by atoms with Gasteiger partial charge in [-0.25, -0.2) is 19.6 Å². The first-order valence-electron chi connectivity index (χ1n) is 9.09. The number of aryl methyl sites for hydroxylation is 1. The van der Waals surface area contributed by atoms with Crippen molar-refractivity contribution in [2.45, 2.75) is 13.0 Å². The van der Waals surface area contributed by atoms with E-state index in [4.69, 9.17) is 15.6 Å². The number of fused-ring (bicyclic) bond motifs is 1. The number of hydrogen-bond acceptors (Lipinski definition) is 7. The van der Waals surface area contributed by atoms with E-state index in [2.05, 4.69) is 20.3 Å². The lowest BCUT2D eigenvalue weighted by molar-refractivity contribution is 0.325. The van der Waals surface area contributed by atoms with Crippen LogP contribution in [-0.2, 0) is 0 Å². The Balaban J connectivity index is 1.50. The van der Waals surface area contributed by atoms with Gasteiger partial charge < -0.3 is 15.8 Å². The molecule has 1 aromatic carbocycles. The van der Waals surface area contributed by atoms with Crippen molar-refractivity contribution in [3.05, 3.63) is 54.5 Å². The fourth-order valence-corrected chi connectivity index (χ4v) is 3.21. The van der Waals surface area contributed by atoms with Gasteiger partial charge in [-0.15, -0.1) is 0 Å². The second kappa shape index (κ2) is 6.58. The van der Waals surface area contributed by atoms with E-state index in [0.717, 1.165) is 40.9 Å². The third-order valence-electron chi connectivity index (χ3n) is 4.86. The van der Waals surface area contributed by atoms with Crippen LogP contribution in [0.15, 0.2) is 48.9 Å². The molecule has 3 aromatic heterocycles. The molecular weight excluding hydrogens is 354 g/mol. The lowest BCUT2D eigenvalue weighted by atomic mass is 10.1. The van der Waals surface area contributed by atoms with Gasteiger partial charge in [0.05, 0.1) is 11.4 Å². The topological polar surface area (TPSA) is 104 Å². The van der Waals surface area contributed by atoms with Gasteiger partial charge in [-0.3, -0.25) is 0 Å². The van der Waals surface area contributed by atoms with E-state index >= 15 is 0 Å². The zero-order valence-corrected chi connectivity index (χ0v) is 15.3. The Labute approximate surface area is 161 Å². The van der Waals surface area contributed by atoms with Crippen LogP contribution in [0.2, 0.25) is 0 Å². The van der Waals surface area contributed by atoms with E-state index < -0.39 is 0 Å². The number of anilines is 1. The number of hydrogen-bond donors (Lipinski definition) is 2. The summed E-state index contributed by atoms with van der Waals surface area (Å²) in [7, 11) is 0. The van der Waals surface area contributed by atoms with Gasteiger partial charge in [0.2, 0.25) is 5.88 Å². The Bertz CT molecular complexity index is 1130. The number of ether oxygens (including phenoxy) is 1. The van der Waals surface area contributed by atoms with E-state index in [1.165, 1.54) is 6.33 Å². The number of benzene rings is 1. The number of nitrogens with zero attached hydrogens (tertiary/aromatic N) is 5. The van der Waals surface area contributed by atoms with Crippen molar-refractivity contribution < 1.29 is 4.74 Å². The average molecular weight is 373 g/mol. The molecule has 0 saturated carbocycles. The monoisotopic (exact) mass is 373 g/mol. The highest BCUT2D eigenvalue weighted by Gasteiger charge is 2.25. The maximum Gasteiger partial charge on any atom is 0.219 e. The summed E-state index contributed by atoms with van der Waals surface area (Å²) in [6, 6.07) is 11.8. The quantitative estimate of drug-likeness (QED) is 0.567. The molecule has 1 saturated heterocycles. The van der Waals surface area contributed by atoms with Crippen LogP contribution in [0.1, 0.15) is 11.6 Å². The Morgan fingerprint density at radius 2 is 1.89 bits per heavy atom. The first-order chi connectivity index (χ1) is 13.7. The van der Waals surface area contributed by atoms with Crippen LogP contribution >= 0.6 is 0 Å². The second-order valence-electron chi connectivity index (χ2n) is 6.86. The summed E-state index contributed by atoms with van der Waals surface area (Å²) >= 11 is 0. The molecule has 8 nitrogen and oxygen atoms in total. The van der Waals surface area contributed by atoms with Gasteiger partial charge in [-0.1, -0.05) is 6.07 Å². The van der Waals surface area contributed by atoms with Crippen molar-refractivity contribution in [3.63, 3.8) is 0 Å². The number of nitrogens with one attached hydrogen (secondary N) is 1. The van der Waals surface area contributed by atoms with Gasteiger partial charge in [0.25, 0.3) is 0 Å². The van der Waals surface area contributed by atoms with E-state index in [0.29, 0.717) is 17.4 Å². The molecule has 0 aliphatic carbocycles. The van der Waals surface area contributed by atoms with Crippen molar-refractivity contribution in [2.24, 2.45) is 0 Å². The molecule has 1 fully saturated rings. The normalized spacial score (nSPS) is 14.2. The molecule has 28 heavy (non-hydrogen) atoms. The minimum absolute atomic E-state index is 0.278. The number of rotatable bonds is 4. The van der Waals surface area contributed by atoms with Crippen LogP contribution in [0.25, 0.3) is 22.3 Å². The number of aromatic nitrogens is 5. The molecule has 0 radical (unpaired) electrons. The summed E-state index contributed by atoms with van der Waals surface area (Å²) < 4.78 is 7.76. The molecule has 1 aliphatic heterocycles. The molecule has 1 aliphatic rings. The first-order valence-corrected chi connectivity index (χ1v) is 9.09. The molecule has 0 spiro atoms. The minimum Gasteiger partial charge on any atom is -0.439 e. The molecule has 0 atom stereocenters. The molecule has 0 bridgehead atoms. The fraction of sp³-hybridized carbons (Fsp3) is 0.200. The minimum atomic E-state index is 0.278. The van der Waals surface area contributed by atoms with Crippen molar-refractivity contribution >= 4 is 16.9 Å². The van der Waals surface area contributed by atoms with E-state index in [-0.39, 0.29) is 6.04 Å². The Kier molecular flexibility index (Phi) is 3.91. The van der Waals surface area contributed by atoms with Crippen LogP contribution in [0, 0.1) is 6.92 Å². The van der Waals surface area contributed by atoms with Gasteiger partial charge in [0.15, 0.2) is 5.65 Å². The van der Waals surface area contributed by atoms with Crippen molar-refractivity contribution in [3.8, 4) is 22.9 Å². The summed E-state index contributed by atoms with van der Waals surface area (Å²) in [5.41, 5.74) is 9.72. The smallest absolute Gasteiger partial charge is 0.219 e. The largest absolute Gasteiger partial charge is 0.439 e. The summed E-state index contributed by atoms with van der Waals surface area (Å²) in [5, 5.41) is 8.85. The van der Waals surface area contributed by atoms with Crippen LogP contribution < -0.4 is 15.8 Å². The summed E-state index contributed by atoms with van der Waals surface area (Å²) in [6.45, 7) is 3.73. The third-order valence-corrected chi connectivity index (χ3v) is 4.86. The molecule has 4 aromatic rings. The van der Waals surface area contributed by atoms with Crippen LogP contribution in [-0.4, -0.2) is 37.8 Å². The van der Waals surface area contributed by atoms with Crippen LogP contribution in [0.3, 0.4) is 0 Å². The summed E-state index contributed by atoms with van der Waals surface area (Å²) in [4.78, 5) is 12.8. The maximum absolute atomic E-state index is 6.16. The van der Waals surface area contributed by atoms with E-state index in [1.807, 2.05) is 48.0 Å². The first kappa shape index (κ1) is 16.6. The van der Waals surface area contributed by atoms with E-state index in [9.17, 15) is 0 Å². The zero-order valence-electron chi connectivity index (χ0n) is 15.3. The van der Waals surface area contributed by atoms with Crippen molar-refractivity contribution in [2.75, 3.05) is 18.8 Å². The van der Waals surface area contributed by atoms with E-state index in [1.54, 1.807) is 6.20 Å². The highest BCUT2D eigenvalue weighted by Crippen LogP contribution is 2.33. The van der Waals surface area contributed by atoms with Gasteiger partial charge in [-0.2, -0.15) is 5.10 Å². The van der Waals surface area contributed by atoms with Crippen molar-refractivity contribution in [1.82, 2.24) is 30.0 Å². The predicted octanol–water partition coefficient (Wildman–Crippen LogP) is 2.72. The highest BCUT2D eigenvalue weighted by atomic mass is 16.5. The Hall–Kier alpha value is -3.52. The molecule has 140 valence electrons. The fourth-order valence-electron chi connectivity index (χ4n) is 3.21. The number of nitrogen functional groups attached to an aromatic ring is 1. The third kappa shape index (κ3) is 2.84. The molecule has 3 N–H and O–H groups in total. The lowest BCUT2D eigenvalue weighted by Crippen LogP contribution is -2.43.